The number of ether oxygens (including phenoxy) is 1. The van der Waals surface area contributed by atoms with Crippen LogP contribution in [0.25, 0.3) is 0 Å². The van der Waals surface area contributed by atoms with Gasteiger partial charge in [-0.1, -0.05) is 60.5 Å². The summed E-state index contributed by atoms with van der Waals surface area (Å²) in [5.74, 6) is 0.586. The van der Waals surface area contributed by atoms with Crippen molar-refractivity contribution >= 4 is 44.8 Å². The summed E-state index contributed by atoms with van der Waals surface area (Å²) >= 11 is 12.4. The molecule has 3 aromatic carbocycles. The van der Waals surface area contributed by atoms with E-state index in [9.17, 15) is 13.2 Å². The zero-order chi connectivity index (χ0) is 25.8. The summed E-state index contributed by atoms with van der Waals surface area (Å²) < 4.78 is 31.5. The Hall–Kier alpha value is -2.74. The molecular weight excluding hydrogens is 507 g/mol. The SMILES string of the molecule is CCC(NC(=O)c1ccc(CN(c2cccc(Cl)c2Cl)S(C)(=O)=O)cc1)c1ccc(OC)c(C)c1. The van der Waals surface area contributed by atoms with Crippen LogP contribution in [-0.2, 0) is 16.6 Å². The summed E-state index contributed by atoms with van der Waals surface area (Å²) in [5.41, 5.74) is 3.46. The molecule has 1 unspecified atom stereocenters. The second-order valence-electron chi connectivity index (χ2n) is 8.20. The van der Waals surface area contributed by atoms with Crippen molar-refractivity contribution in [1.29, 1.82) is 0 Å². The monoisotopic (exact) mass is 534 g/mol. The predicted molar refractivity (Wildman–Crippen MR) is 142 cm³/mol. The Morgan fingerprint density at radius 2 is 1.77 bits per heavy atom. The average molecular weight is 535 g/mol. The summed E-state index contributed by atoms with van der Waals surface area (Å²) in [4.78, 5) is 12.9. The highest BCUT2D eigenvalue weighted by Gasteiger charge is 2.22. The van der Waals surface area contributed by atoms with E-state index < -0.39 is 10.0 Å². The van der Waals surface area contributed by atoms with Crippen molar-refractivity contribution in [2.45, 2.75) is 32.9 Å². The molecule has 0 aliphatic heterocycles. The highest BCUT2D eigenvalue weighted by atomic mass is 35.5. The number of hydrogen-bond acceptors (Lipinski definition) is 4. The van der Waals surface area contributed by atoms with Crippen LogP contribution in [0.2, 0.25) is 10.0 Å². The van der Waals surface area contributed by atoms with E-state index in [1.807, 2.05) is 32.0 Å². The Balaban J connectivity index is 1.77. The fourth-order valence-electron chi connectivity index (χ4n) is 3.77. The van der Waals surface area contributed by atoms with Crippen LogP contribution in [0.1, 0.15) is 46.4 Å². The first-order valence-electron chi connectivity index (χ1n) is 11.0. The van der Waals surface area contributed by atoms with E-state index >= 15 is 0 Å². The maximum atomic E-state index is 12.9. The maximum Gasteiger partial charge on any atom is 0.251 e. The van der Waals surface area contributed by atoms with Crippen molar-refractivity contribution in [3.63, 3.8) is 0 Å². The van der Waals surface area contributed by atoms with Crippen molar-refractivity contribution in [2.75, 3.05) is 17.7 Å². The smallest absolute Gasteiger partial charge is 0.251 e. The van der Waals surface area contributed by atoms with Gasteiger partial charge in [0.15, 0.2) is 0 Å². The highest BCUT2D eigenvalue weighted by molar-refractivity contribution is 7.92. The molecule has 0 aliphatic carbocycles. The van der Waals surface area contributed by atoms with Gasteiger partial charge in [-0.05, 0) is 60.4 Å². The summed E-state index contributed by atoms with van der Waals surface area (Å²) in [6.45, 7) is 4.02. The van der Waals surface area contributed by atoms with E-state index in [4.69, 9.17) is 27.9 Å². The molecule has 1 N–H and O–H groups in total. The molecule has 0 saturated heterocycles. The molecule has 0 bridgehead atoms. The number of aryl methyl sites for hydroxylation is 1. The van der Waals surface area contributed by atoms with Crippen molar-refractivity contribution in [1.82, 2.24) is 5.32 Å². The molecule has 0 saturated carbocycles. The van der Waals surface area contributed by atoms with Gasteiger partial charge in [0.2, 0.25) is 10.0 Å². The molecule has 1 amide bonds. The van der Waals surface area contributed by atoms with Crippen molar-refractivity contribution in [3.8, 4) is 5.75 Å². The van der Waals surface area contributed by atoms with E-state index in [0.717, 1.165) is 29.6 Å². The van der Waals surface area contributed by atoms with E-state index in [2.05, 4.69) is 5.32 Å². The molecule has 0 fully saturated rings. The molecule has 35 heavy (non-hydrogen) atoms. The molecule has 1 atom stereocenters. The Morgan fingerprint density at radius 1 is 1.09 bits per heavy atom. The first kappa shape index (κ1) is 26.9. The molecule has 0 aromatic heterocycles. The number of nitrogens with one attached hydrogen (secondary N) is 1. The highest BCUT2D eigenvalue weighted by Crippen LogP contribution is 2.34. The second-order valence-corrected chi connectivity index (χ2v) is 10.9. The number of carbonyl (C=O) groups is 1. The maximum absolute atomic E-state index is 12.9. The molecule has 3 rings (SSSR count). The number of benzene rings is 3. The largest absolute Gasteiger partial charge is 0.496 e. The Bertz CT molecular complexity index is 1310. The topological polar surface area (TPSA) is 75.7 Å². The van der Waals surface area contributed by atoms with Gasteiger partial charge >= 0.3 is 0 Å². The lowest BCUT2D eigenvalue weighted by molar-refractivity contribution is 0.0935. The standard InChI is InChI=1S/C26H28Cl2N2O4S/c1-5-22(20-13-14-24(34-3)17(2)15-20)29-26(31)19-11-9-18(10-12-19)16-30(35(4,32)33)23-8-6-7-21(27)25(23)28/h6-15,22H,5,16H2,1-4H3,(H,29,31). The third-order valence-corrected chi connectivity index (χ3v) is 7.61. The van der Waals surface area contributed by atoms with Crippen molar-refractivity contribution < 1.29 is 17.9 Å². The van der Waals surface area contributed by atoms with Crippen LogP contribution in [0.4, 0.5) is 5.69 Å². The Labute approximate surface area is 216 Å². The minimum atomic E-state index is -3.64. The normalized spacial score (nSPS) is 12.2. The van der Waals surface area contributed by atoms with Crippen LogP contribution in [0.3, 0.4) is 0 Å². The lowest BCUT2D eigenvalue weighted by Crippen LogP contribution is -2.30. The van der Waals surface area contributed by atoms with Crippen molar-refractivity contribution in [3.05, 3.63) is 93.0 Å². The number of sulfonamides is 1. The van der Waals surface area contributed by atoms with E-state index in [-0.39, 0.29) is 28.5 Å². The Kier molecular flexibility index (Phi) is 8.70. The molecule has 0 heterocycles. The molecular formula is C26H28Cl2N2O4S. The molecule has 186 valence electrons. The molecule has 9 heteroatoms. The third kappa shape index (κ3) is 6.48. The predicted octanol–water partition coefficient (Wildman–Crippen LogP) is 6.16. The zero-order valence-electron chi connectivity index (χ0n) is 20.0. The minimum absolute atomic E-state index is 0.0451. The fourth-order valence-corrected chi connectivity index (χ4v) is 5.12. The molecule has 3 aromatic rings. The lowest BCUT2D eigenvalue weighted by atomic mass is 10.0. The number of nitrogens with zero attached hydrogens (tertiary/aromatic N) is 1. The van der Waals surface area contributed by atoms with Crippen LogP contribution < -0.4 is 14.4 Å². The van der Waals surface area contributed by atoms with Gasteiger partial charge in [0.25, 0.3) is 5.91 Å². The van der Waals surface area contributed by atoms with Gasteiger partial charge in [0.05, 0.1) is 41.7 Å². The van der Waals surface area contributed by atoms with Gasteiger partial charge in [-0.3, -0.25) is 9.10 Å². The van der Waals surface area contributed by atoms with Crippen LogP contribution in [0.5, 0.6) is 5.75 Å². The van der Waals surface area contributed by atoms with Gasteiger partial charge in [-0.2, -0.15) is 0 Å². The minimum Gasteiger partial charge on any atom is -0.496 e. The van der Waals surface area contributed by atoms with Gasteiger partial charge in [0.1, 0.15) is 5.75 Å². The summed E-state index contributed by atoms with van der Waals surface area (Å²) in [6, 6.07) is 17.3. The lowest BCUT2D eigenvalue weighted by Gasteiger charge is -2.24. The van der Waals surface area contributed by atoms with Crippen LogP contribution in [-0.4, -0.2) is 27.7 Å². The van der Waals surface area contributed by atoms with Gasteiger partial charge in [-0.15, -0.1) is 0 Å². The van der Waals surface area contributed by atoms with Gasteiger partial charge < -0.3 is 10.1 Å². The average Bonchev–Trinajstić information content (AvgIpc) is 2.82. The second kappa shape index (κ2) is 11.3. The number of hydrogen-bond donors (Lipinski definition) is 1. The van der Waals surface area contributed by atoms with E-state index in [1.165, 1.54) is 4.31 Å². The fraction of sp³-hybridized carbons (Fsp3) is 0.269. The van der Waals surface area contributed by atoms with Gasteiger partial charge in [0, 0.05) is 5.56 Å². The molecule has 0 spiro atoms. The third-order valence-electron chi connectivity index (χ3n) is 5.68. The number of anilines is 1. The zero-order valence-corrected chi connectivity index (χ0v) is 22.3. The first-order chi connectivity index (χ1) is 16.5. The number of amides is 1. The Morgan fingerprint density at radius 3 is 2.34 bits per heavy atom. The van der Waals surface area contributed by atoms with Crippen LogP contribution in [0, 0.1) is 6.92 Å². The first-order valence-corrected chi connectivity index (χ1v) is 13.6. The molecule has 6 nitrogen and oxygen atoms in total. The van der Waals surface area contributed by atoms with E-state index in [1.54, 1.807) is 49.6 Å². The summed E-state index contributed by atoms with van der Waals surface area (Å²) in [6.07, 6.45) is 1.83. The van der Waals surface area contributed by atoms with E-state index in [0.29, 0.717) is 16.8 Å². The van der Waals surface area contributed by atoms with Gasteiger partial charge in [-0.25, -0.2) is 8.42 Å². The van der Waals surface area contributed by atoms with Crippen molar-refractivity contribution in [2.24, 2.45) is 0 Å². The molecule has 0 radical (unpaired) electrons. The number of methoxy groups -OCH3 is 1. The summed E-state index contributed by atoms with van der Waals surface area (Å²) in [5, 5.41) is 3.50. The van der Waals surface area contributed by atoms with Crippen LogP contribution in [0.15, 0.2) is 60.7 Å². The number of halogens is 2. The quantitative estimate of drug-likeness (QED) is 0.356. The van der Waals surface area contributed by atoms with Crippen LogP contribution >= 0.6 is 23.2 Å². The molecule has 0 aliphatic rings. The number of rotatable bonds is 9. The number of carbonyl (C=O) groups excluding carboxylic acids is 1. The summed E-state index contributed by atoms with van der Waals surface area (Å²) in [7, 11) is -2.01.